The van der Waals surface area contributed by atoms with Crippen molar-refractivity contribution in [3.05, 3.63) is 175 Å². The summed E-state index contributed by atoms with van der Waals surface area (Å²) in [6.45, 7) is 0. The number of benzene rings is 7. The van der Waals surface area contributed by atoms with Crippen LogP contribution in [-0.2, 0) is 5.41 Å². The van der Waals surface area contributed by atoms with Crippen molar-refractivity contribution in [1.82, 2.24) is 15.0 Å². The Hall–Kier alpha value is -6.65. The van der Waals surface area contributed by atoms with E-state index < -0.39 is 0 Å². The zero-order valence-electron chi connectivity index (χ0n) is 30.4. The Morgan fingerprint density at radius 2 is 0.909 bits per heavy atom. The van der Waals surface area contributed by atoms with Crippen molar-refractivity contribution in [2.75, 3.05) is 0 Å². The van der Waals surface area contributed by atoms with Crippen molar-refractivity contribution in [3.63, 3.8) is 0 Å². The third-order valence-electron chi connectivity index (χ3n) is 11.9. The number of furan rings is 1. The molecule has 0 saturated heterocycles. The summed E-state index contributed by atoms with van der Waals surface area (Å²) in [6, 6.07) is 58.3. The molecule has 1 saturated carbocycles. The summed E-state index contributed by atoms with van der Waals surface area (Å²) < 4.78 is 6.24. The van der Waals surface area contributed by atoms with Crippen molar-refractivity contribution < 1.29 is 4.42 Å². The van der Waals surface area contributed by atoms with Gasteiger partial charge in [-0.25, -0.2) is 15.0 Å². The highest BCUT2D eigenvalue weighted by Crippen LogP contribution is 2.56. The molecule has 11 rings (SSSR count). The van der Waals surface area contributed by atoms with Crippen LogP contribution in [0.3, 0.4) is 0 Å². The Morgan fingerprint density at radius 3 is 1.69 bits per heavy atom. The number of hydrogen-bond donors (Lipinski definition) is 0. The average Bonchev–Trinajstić information content (AvgIpc) is 3.76. The second-order valence-electron chi connectivity index (χ2n) is 15.1. The summed E-state index contributed by atoms with van der Waals surface area (Å²) in [7, 11) is 0. The lowest BCUT2D eigenvalue weighted by Crippen LogP contribution is -2.27. The molecule has 1 fully saturated rings. The van der Waals surface area contributed by atoms with Gasteiger partial charge in [0.05, 0.1) is 0 Å². The summed E-state index contributed by atoms with van der Waals surface area (Å²) in [6.07, 6.45) is 6.43. The van der Waals surface area contributed by atoms with E-state index in [1.165, 1.54) is 65.5 Å². The first-order chi connectivity index (χ1) is 27.2. The fraction of sp³-hybridized carbons (Fsp3) is 0.118. The van der Waals surface area contributed by atoms with Gasteiger partial charge in [0.2, 0.25) is 0 Å². The minimum Gasteiger partial charge on any atom is -0.456 e. The van der Waals surface area contributed by atoms with Crippen molar-refractivity contribution in [3.8, 4) is 67.5 Å². The molecule has 2 aliphatic rings. The zero-order chi connectivity index (χ0) is 36.3. The molecule has 2 aliphatic carbocycles. The molecule has 2 aromatic heterocycles. The molecule has 0 unspecified atom stereocenters. The molecule has 0 aliphatic heterocycles. The van der Waals surface area contributed by atoms with Gasteiger partial charge in [-0.2, -0.15) is 0 Å². The van der Waals surface area contributed by atoms with E-state index in [2.05, 4.69) is 109 Å². The number of nitrogens with zero attached hydrogens (tertiary/aromatic N) is 3. The van der Waals surface area contributed by atoms with Crippen LogP contribution in [0.15, 0.2) is 168 Å². The Bertz CT molecular complexity index is 2920. The Balaban J connectivity index is 0.978. The first kappa shape index (κ1) is 31.8. The van der Waals surface area contributed by atoms with Crippen LogP contribution in [0, 0.1) is 0 Å². The average molecular weight is 708 g/mol. The summed E-state index contributed by atoms with van der Waals surface area (Å²) >= 11 is 0. The van der Waals surface area contributed by atoms with Gasteiger partial charge >= 0.3 is 0 Å². The Labute approximate surface area is 320 Å². The lowest BCUT2D eigenvalue weighted by Gasteiger charge is -2.36. The van der Waals surface area contributed by atoms with E-state index in [1.807, 2.05) is 54.6 Å². The smallest absolute Gasteiger partial charge is 0.164 e. The fourth-order valence-electron chi connectivity index (χ4n) is 9.27. The second-order valence-corrected chi connectivity index (χ2v) is 15.1. The molecule has 1 spiro atoms. The molecule has 4 heteroatoms. The van der Waals surface area contributed by atoms with E-state index in [-0.39, 0.29) is 5.41 Å². The van der Waals surface area contributed by atoms with Crippen LogP contribution < -0.4 is 0 Å². The molecule has 0 bridgehead atoms. The maximum atomic E-state index is 6.24. The topological polar surface area (TPSA) is 51.8 Å². The van der Waals surface area contributed by atoms with Crippen molar-refractivity contribution in [1.29, 1.82) is 0 Å². The highest BCUT2D eigenvalue weighted by molar-refractivity contribution is 6.05. The molecule has 0 radical (unpaired) electrons. The molecule has 7 aromatic carbocycles. The lowest BCUT2D eigenvalue weighted by atomic mass is 9.68. The normalized spacial score (nSPS) is 14.3. The van der Waals surface area contributed by atoms with Gasteiger partial charge in [0.1, 0.15) is 11.2 Å². The SMILES string of the molecule is c1ccc(-c2nc(-c3cccc(-c4cccc(-c5ccc6c(c5)-c5ccccc5C65CCCCC5)c4)c3)nc(-c3ccc4c(c3)oc3ccccc34)n2)cc1. The zero-order valence-corrected chi connectivity index (χ0v) is 30.4. The highest BCUT2D eigenvalue weighted by Gasteiger charge is 2.43. The number of rotatable bonds is 5. The monoisotopic (exact) mass is 707 g/mol. The Morgan fingerprint density at radius 1 is 0.364 bits per heavy atom. The van der Waals surface area contributed by atoms with E-state index >= 15 is 0 Å². The fourth-order valence-corrected chi connectivity index (χ4v) is 9.27. The third kappa shape index (κ3) is 5.32. The largest absolute Gasteiger partial charge is 0.456 e. The van der Waals surface area contributed by atoms with Crippen molar-refractivity contribution in [2.45, 2.75) is 37.5 Å². The van der Waals surface area contributed by atoms with E-state index in [9.17, 15) is 0 Å². The first-order valence-electron chi connectivity index (χ1n) is 19.4. The van der Waals surface area contributed by atoms with Gasteiger partial charge < -0.3 is 4.42 Å². The second kappa shape index (κ2) is 12.7. The van der Waals surface area contributed by atoms with Crippen LogP contribution in [0.1, 0.15) is 43.2 Å². The maximum Gasteiger partial charge on any atom is 0.164 e. The van der Waals surface area contributed by atoms with Gasteiger partial charge in [-0.05, 0) is 93.7 Å². The molecular formula is C51H37N3O. The van der Waals surface area contributed by atoms with Gasteiger partial charge in [-0.15, -0.1) is 0 Å². The van der Waals surface area contributed by atoms with Crippen LogP contribution in [0.4, 0.5) is 0 Å². The van der Waals surface area contributed by atoms with Crippen LogP contribution >= 0.6 is 0 Å². The minimum absolute atomic E-state index is 0.167. The molecule has 262 valence electrons. The van der Waals surface area contributed by atoms with Gasteiger partial charge in [0.25, 0.3) is 0 Å². The highest BCUT2D eigenvalue weighted by atomic mass is 16.3. The van der Waals surface area contributed by atoms with E-state index in [0.717, 1.165) is 49.8 Å². The van der Waals surface area contributed by atoms with Gasteiger partial charge in [0.15, 0.2) is 17.5 Å². The molecule has 9 aromatic rings. The van der Waals surface area contributed by atoms with E-state index in [4.69, 9.17) is 19.4 Å². The maximum absolute atomic E-state index is 6.24. The molecule has 0 amide bonds. The van der Waals surface area contributed by atoms with E-state index in [0.29, 0.717) is 17.5 Å². The predicted molar refractivity (Wildman–Crippen MR) is 224 cm³/mol. The van der Waals surface area contributed by atoms with Crippen LogP contribution in [-0.4, -0.2) is 15.0 Å². The predicted octanol–water partition coefficient (Wildman–Crippen LogP) is 13.3. The summed E-state index contributed by atoms with van der Waals surface area (Å²) in [4.78, 5) is 15.1. The van der Waals surface area contributed by atoms with Gasteiger partial charge in [-0.3, -0.25) is 0 Å². The number of aromatic nitrogens is 3. The van der Waals surface area contributed by atoms with Gasteiger partial charge in [-0.1, -0.05) is 147 Å². The quantitative estimate of drug-likeness (QED) is 0.179. The Kier molecular flexibility index (Phi) is 7.38. The minimum atomic E-state index is 0.167. The van der Waals surface area contributed by atoms with Crippen LogP contribution in [0.5, 0.6) is 0 Å². The number of fused-ring (bicyclic) bond motifs is 8. The van der Waals surface area contributed by atoms with E-state index in [1.54, 1.807) is 0 Å². The third-order valence-corrected chi connectivity index (χ3v) is 11.9. The first-order valence-corrected chi connectivity index (χ1v) is 19.4. The van der Waals surface area contributed by atoms with Crippen LogP contribution in [0.25, 0.3) is 89.5 Å². The summed E-state index contributed by atoms with van der Waals surface area (Å²) in [5, 5.41) is 2.17. The number of para-hydroxylation sites is 1. The lowest BCUT2D eigenvalue weighted by molar-refractivity contribution is 0.353. The molecule has 2 heterocycles. The molecule has 4 nitrogen and oxygen atoms in total. The number of hydrogen-bond acceptors (Lipinski definition) is 4. The van der Waals surface area contributed by atoms with Crippen molar-refractivity contribution in [2.24, 2.45) is 0 Å². The summed E-state index contributed by atoms with van der Waals surface area (Å²) in [5.41, 5.74) is 15.2. The van der Waals surface area contributed by atoms with Crippen LogP contribution in [0.2, 0.25) is 0 Å². The van der Waals surface area contributed by atoms with Gasteiger partial charge in [0, 0.05) is 32.9 Å². The molecule has 0 N–H and O–H groups in total. The standard InChI is InChI=1S/C51H37N3O/c1-3-13-33(14-4-1)48-52-49(54-50(53-48)39-23-25-42-41-20-6-8-22-46(41)55-47(42)32-39)38-18-12-17-36(30-38)34-15-11-16-35(29-34)37-24-26-45-43(31-37)40-19-5-7-21-44(40)51(45)27-9-2-10-28-51/h1,3-8,11-26,29-32H,2,9-10,27-28H2. The van der Waals surface area contributed by atoms with Crippen molar-refractivity contribution >= 4 is 21.9 Å². The molecule has 55 heavy (non-hydrogen) atoms. The summed E-state index contributed by atoms with van der Waals surface area (Å²) in [5.74, 6) is 1.86. The molecular weight excluding hydrogens is 671 g/mol. The molecule has 0 atom stereocenters.